The van der Waals surface area contributed by atoms with Crippen LogP contribution in [0.15, 0.2) is 54.6 Å². The van der Waals surface area contributed by atoms with Gasteiger partial charge in [0.15, 0.2) is 0 Å². The van der Waals surface area contributed by atoms with Crippen molar-refractivity contribution in [1.29, 1.82) is 0 Å². The lowest BCUT2D eigenvalue weighted by molar-refractivity contribution is 0.0920. The summed E-state index contributed by atoms with van der Waals surface area (Å²) in [6.07, 6.45) is 9.97. The topological polar surface area (TPSA) is 19.0 Å². The van der Waals surface area contributed by atoms with Gasteiger partial charge in [0.1, 0.15) is 0 Å². The van der Waals surface area contributed by atoms with Gasteiger partial charge in [-0.25, -0.2) is 0 Å². The molecule has 1 aromatic heterocycles. The number of hydrogen-bond donors (Lipinski definition) is 1. The summed E-state index contributed by atoms with van der Waals surface area (Å²) < 4.78 is 0. The van der Waals surface area contributed by atoms with Crippen molar-refractivity contribution in [2.24, 2.45) is 0 Å². The average molecular weight is 389 g/mol. The van der Waals surface area contributed by atoms with Gasteiger partial charge in [0.05, 0.1) is 0 Å². The molecule has 0 bridgehead atoms. The zero-order chi connectivity index (χ0) is 20.3. The lowest BCUT2D eigenvalue weighted by atomic mass is 9.71. The van der Waals surface area contributed by atoms with Gasteiger partial charge in [0, 0.05) is 22.1 Å². The van der Waals surface area contributed by atoms with E-state index in [9.17, 15) is 0 Å². The number of aromatic nitrogens is 1. The van der Waals surface area contributed by atoms with E-state index >= 15 is 0 Å². The average Bonchev–Trinajstić information content (AvgIpc) is 3.12. The third-order valence-corrected chi connectivity index (χ3v) is 7.28. The van der Waals surface area contributed by atoms with E-state index in [1.165, 1.54) is 67.1 Å². The number of nitrogens with one attached hydrogen (secondary N) is 1. The highest BCUT2D eigenvalue weighted by molar-refractivity contribution is 5.84. The van der Waals surface area contributed by atoms with Gasteiger partial charge in [-0.1, -0.05) is 61.9 Å². The minimum atomic E-state index is 0.285. The molecular weight excluding hydrogens is 352 g/mol. The minimum absolute atomic E-state index is 0.285. The predicted octanol–water partition coefficient (Wildman–Crippen LogP) is 6.71. The van der Waals surface area contributed by atoms with E-state index in [1.54, 1.807) is 5.56 Å². The first-order valence-corrected chi connectivity index (χ1v) is 11.4. The van der Waals surface area contributed by atoms with E-state index in [1.807, 2.05) is 0 Å². The molecule has 154 valence electrons. The summed E-state index contributed by atoms with van der Waals surface area (Å²) in [5, 5.41) is 1.45. The Bertz CT molecular complexity index is 914. The Morgan fingerprint density at radius 3 is 2.34 bits per heavy atom. The van der Waals surface area contributed by atoms with Gasteiger partial charge < -0.3 is 9.88 Å². The molecule has 29 heavy (non-hydrogen) atoms. The van der Waals surface area contributed by atoms with Crippen LogP contribution in [0.5, 0.6) is 0 Å². The van der Waals surface area contributed by atoms with Crippen LogP contribution in [0.3, 0.4) is 0 Å². The highest BCUT2D eigenvalue weighted by atomic mass is 15.1. The highest BCUT2D eigenvalue weighted by Crippen LogP contribution is 2.44. The normalized spacial score (nSPS) is 22.4. The second-order valence-corrected chi connectivity index (χ2v) is 9.22. The molecule has 1 aliphatic carbocycles. The van der Waals surface area contributed by atoms with Crippen molar-refractivity contribution in [1.82, 2.24) is 9.88 Å². The molecule has 0 saturated heterocycles. The van der Waals surface area contributed by atoms with Crippen LogP contribution in [0.4, 0.5) is 0 Å². The Balaban J connectivity index is 1.57. The lowest BCUT2D eigenvalue weighted by Gasteiger charge is -2.45. The van der Waals surface area contributed by atoms with Crippen molar-refractivity contribution in [2.75, 3.05) is 14.1 Å². The van der Waals surface area contributed by atoms with Gasteiger partial charge >= 0.3 is 0 Å². The van der Waals surface area contributed by atoms with Crippen LogP contribution in [0.2, 0.25) is 0 Å². The number of para-hydroxylation sites is 1. The third-order valence-electron chi connectivity index (χ3n) is 7.28. The van der Waals surface area contributed by atoms with Crippen molar-refractivity contribution < 1.29 is 0 Å². The molecule has 1 saturated carbocycles. The second-order valence-electron chi connectivity index (χ2n) is 9.22. The molecule has 2 nitrogen and oxygen atoms in total. The van der Waals surface area contributed by atoms with E-state index in [4.69, 9.17) is 0 Å². The summed E-state index contributed by atoms with van der Waals surface area (Å²) in [7, 11) is 4.55. The zero-order valence-electron chi connectivity index (χ0n) is 18.4. The van der Waals surface area contributed by atoms with Crippen LogP contribution in [0.25, 0.3) is 10.9 Å². The van der Waals surface area contributed by atoms with Gasteiger partial charge in [-0.2, -0.15) is 0 Å². The fourth-order valence-corrected chi connectivity index (χ4v) is 5.39. The van der Waals surface area contributed by atoms with Crippen molar-refractivity contribution >= 4 is 10.9 Å². The molecule has 1 N–H and O–H groups in total. The molecule has 1 heterocycles. The number of hydrogen-bond acceptors (Lipinski definition) is 1. The summed E-state index contributed by atoms with van der Waals surface area (Å²) in [4.78, 5) is 6.33. The van der Waals surface area contributed by atoms with Gasteiger partial charge in [-0.15, -0.1) is 0 Å². The molecule has 0 atom stereocenters. The number of unbranched alkanes of at least 4 members (excludes halogenated alkanes) is 1. The molecule has 0 amide bonds. The maximum atomic E-state index is 3.84. The van der Waals surface area contributed by atoms with Crippen molar-refractivity contribution in [2.45, 2.75) is 69.7 Å². The summed E-state index contributed by atoms with van der Waals surface area (Å²) in [5.41, 5.74) is 6.20. The van der Waals surface area contributed by atoms with Gasteiger partial charge in [0.2, 0.25) is 0 Å². The molecule has 2 aromatic carbocycles. The Labute approximate surface area is 176 Å². The minimum Gasteiger partial charge on any atom is -0.358 e. The number of H-pyrrole nitrogens is 1. The fourth-order valence-electron chi connectivity index (χ4n) is 5.39. The molecule has 0 unspecified atom stereocenters. The summed E-state index contributed by atoms with van der Waals surface area (Å²) in [6, 6.07) is 20.0. The fraction of sp³-hybridized carbons (Fsp3) is 0.481. The number of benzene rings is 2. The van der Waals surface area contributed by atoms with Crippen LogP contribution in [-0.4, -0.2) is 29.5 Å². The van der Waals surface area contributed by atoms with E-state index in [0.29, 0.717) is 5.92 Å². The Kier molecular flexibility index (Phi) is 6.10. The van der Waals surface area contributed by atoms with E-state index < -0.39 is 0 Å². The molecule has 2 heteroatoms. The number of rotatable bonds is 7. The van der Waals surface area contributed by atoms with Crippen molar-refractivity contribution in [3.8, 4) is 0 Å². The molecule has 1 fully saturated rings. The van der Waals surface area contributed by atoms with Crippen LogP contribution < -0.4 is 0 Å². The number of aryl methyl sites for hydroxylation is 1. The SMILES string of the molecule is CCCCc1c(C2CCC(Cc3ccccc3)(N(C)C)CC2)[nH]c2ccccc12. The van der Waals surface area contributed by atoms with E-state index in [2.05, 4.69) is 85.5 Å². The van der Waals surface area contributed by atoms with Crippen LogP contribution in [-0.2, 0) is 12.8 Å². The first kappa shape index (κ1) is 20.2. The monoisotopic (exact) mass is 388 g/mol. The Hall–Kier alpha value is -2.06. The zero-order valence-corrected chi connectivity index (χ0v) is 18.4. The standard InChI is InChI=1S/C27H36N2/c1-4-5-13-24-23-14-9-10-15-25(23)28-26(24)22-16-18-27(19-17-22,29(2)3)20-21-11-7-6-8-12-21/h6-12,14-15,22,28H,4-5,13,16-20H2,1-3H3. The largest absolute Gasteiger partial charge is 0.358 e. The lowest BCUT2D eigenvalue weighted by Crippen LogP contribution is -2.48. The van der Waals surface area contributed by atoms with E-state index in [0.717, 1.165) is 6.42 Å². The summed E-state index contributed by atoms with van der Waals surface area (Å²) in [6.45, 7) is 2.30. The predicted molar refractivity (Wildman–Crippen MR) is 125 cm³/mol. The van der Waals surface area contributed by atoms with Crippen LogP contribution >= 0.6 is 0 Å². The van der Waals surface area contributed by atoms with Gasteiger partial charge in [0.25, 0.3) is 0 Å². The molecular formula is C27H36N2. The number of likely N-dealkylation sites (N-methyl/N-ethyl adjacent to an activating group) is 1. The van der Waals surface area contributed by atoms with Gasteiger partial charge in [-0.3, -0.25) is 0 Å². The van der Waals surface area contributed by atoms with Crippen LogP contribution in [0, 0.1) is 0 Å². The molecule has 4 rings (SSSR count). The molecule has 1 aliphatic rings. The third kappa shape index (κ3) is 4.14. The summed E-state index contributed by atoms with van der Waals surface area (Å²) in [5.74, 6) is 0.665. The quantitative estimate of drug-likeness (QED) is 0.476. The molecule has 0 spiro atoms. The van der Waals surface area contributed by atoms with Crippen LogP contribution in [0.1, 0.15) is 68.2 Å². The van der Waals surface area contributed by atoms with Crippen molar-refractivity contribution in [3.63, 3.8) is 0 Å². The van der Waals surface area contributed by atoms with Gasteiger partial charge in [-0.05, 0) is 82.2 Å². The number of aromatic amines is 1. The first-order valence-electron chi connectivity index (χ1n) is 11.4. The smallest absolute Gasteiger partial charge is 0.0459 e. The summed E-state index contributed by atoms with van der Waals surface area (Å²) >= 11 is 0. The Morgan fingerprint density at radius 1 is 0.966 bits per heavy atom. The second kappa shape index (κ2) is 8.75. The van der Waals surface area contributed by atoms with E-state index in [-0.39, 0.29) is 5.54 Å². The maximum Gasteiger partial charge on any atom is 0.0459 e. The molecule has 0 radical (unpaired) electrons. The first-order chi connectivity index (χ1) is 14.1. The maximum absolute atomic E-state index is 3.84. The number of fused-ring (bicyclic) bond motifs is 1. The number of nitrogens with zero attached hydrogens (tertiary/aromatic N) is 1. The highest BCUT2D eigenvalue weighted by Gasteiger charge is 2.38. The Morgan fingerprint density at radius 2 is 1.66 bits per heavy atom. The van der Waals surface area contributed by atoms with Crippen molar-refractivity contribution in [3.05, 3.63) is 71.4 Å². The molecule has 0 aliphatic heterocycles. The molecule has 3 aromatic rings.